The molecule has 0 saturated heterocycles. The molecule has 0 saturated carbocycles. The number of benzene rings is 2. The van der Waals surface area contributed by atoms with Gasteiger partial charge in [-0.1, -0.05) is 52.3 Å². The van der Waals surface area contributed by atoms with Gasteiger partial charge in [0.05, 0.1) is 12.7 Å². The molecule has 21 heavy (non-hydrogen) atoms. The van der Waals surface area contributed by atoms with E-state index < -0.39 is 0 Å². The van der Waals surface area contributed by atoms with E-state index >= 15 is 0 Å². The molecule has 2 aromatic carbocycles. The van der Waals surface area contributed by atoms with Gasteiger partial charge in [-0.25, -0.2) is 0 Å². The van der Waals surface area contributed by atoms with Crippen molar-refractivity contribution >= 4 is 15.9 Å². The summed E-state index contributed by atoms with van der Waals surface area (Å²) < 4.78 is 7.05. The molecule has 0 fully saturated rings. The quantitative estimate of drug-likeness (QED) is 0.885. The lowest BCUT2D eigenvalue weighted by molar-refractivity contribution is 0.0410. The van der Waals surface area contributed by atoms with Crippen LogP contribution in [-0.4, -0.2) is 13.2 Å². The molecule has 0 aliphatic carbocycles. The Hall–Kier alpha value is -1.16. The maximum absolute atomic E-state index is 5.94. The molecule has 0 bridgehead atoms. The minimum Gasteiger partial charge on any atom is -0.372 e. The molecule has 2 nitrogen and oxygen atoms in total. The van der Waals surface area contributed by atoms with Crippen LogP contribution >= 0.6 is 15.9 Å². The molecule has 0 radical (unpaired) electrons. The summed E-state index contributed by atoms with van der Waals surface area (Å²) in [6, 6.07) is 17.4. The lowest BCUT2D eigenvalue weighted by Gasteiger charge is -2.27. The molecule has 110 valence electrons. The van der Waals surface area contributed by atoms with Crippen molar-refractivity contribution in [1.29, 1.82) is 0 Å². The van der Waals surface area contributed by atoms with Crippen LogP contribution in [-0.2, 0) is 11.2 Å². The first-order valence-electron chi connectivity index (χ1n) is 7.42. The monoisotopic (exact) mass is 345 g/mol. The first kappa shape index (κ1) is 14.8. The van der Waals surface area contributed by atoms with E-state index in [-0.39, 0.29) is 6.10 Å². The van der Waals surface area contributed by atoms with Gasteiger partial charge in [0.25, 0.3) is 0 Å². The smallest absolute Gasteiger partial charge is 0.0952 e. The summed E-state index contributed by atoms with van der Waals surface area (Å²) >= 11 is 3.47. The summed E-state index contributed by atoms with van der Waals surface area (Å²) in [4.78, 5) is 0. The molecule has 1 heterocycles. The van der Waals surface area contributed by atoms with Crippen LogP contribution in [0.4, 0.5) is 0 Å². The van der Waals surface area contributed by atoms with E-state index in [0.717, 1.165) is 24.0 Å². The van der Waals surface area contributed by atoms with Gasteiger partial charge in [0, 0.05) is 17.1 Å². The third-order valence-electron chi connectivity index (χ3n) is 4.07. The number of nitrogens with one attached hydrogen (secondary N) is 1. The number of hydrogen-bond acceptors (Lipinski definition) is 2. The highest BCUT2D eigenvalue weighted by molar-refractivity contribution is 9.10. The number of ether oxygens (including phenoxy) is 1. The third-order valence-corrected chi connectivity index (χ3v) is 4.60. The molecular weight excluding hydrogens is 326 g/mol. The van der Waals surface area contributed by atoms with Crippen molar-refractivity contribution in [1.82, 2.24) is 5.32 Å². The van der Waals surface area contributed by atoms with Gasteiger partial charge in [0.15, 0.2) is 0 Å². The summed E-state index contributed by atoms with van der Waals surface area (Å²) in [5, 5.41) is 3.59. The maximum atomic E-state index is 5.94. The molecule has 0 aromatic heterocycles. The second kappa shape index (κ2) is 6.73. The Bertz CT molecular complexity index is 596. The van der Waals surface area contributed by atoms with Gasteiger partial charge in [-0.2, -0.15) is 0 Å². The van der Waals surface area contributed by atoms with E-state index in [1.54, 1.807) is 0 Å². The second-order valence-corrected chi connectivity index (χ2v) is 6.41. The summed E-state index contributed by atoms with van der Waals surface area (Å²) in [7, 11) is 0. The second-order valence-electron chi connectivity index (χ2n) is 5.49. The number of hydrogen-bond donors (Lipinski definition) is 1. The van der Waals surface area contributed by atoms with Crippen molar-refractivity contribution in [3.63, 3.8) is 0 Å². The zero-order chi connectivity index (χ0) is 14.7. The predicted molar refractivity (Wildman–Crippen MR) is 89.4 cm³/mol. The van der Waals surface area contributed by atoms with Gasteiger partial charge in [-0.05, 0) is 42.2 Å². The molecule has 2 atom stereocenters. The first-order chi connectivity index (χ1) is 10.2. The number of rotatable bonds is 4. The van der Waals surface area contributed by atoms with Gasteiger partial charge < -0.3 is 10.1 Å². The van der Waals surface area contributed by atoms with Crippen LogP contribution in [0.1, 0.15) is 35.8 Å². The Morgan fingerprint density at radius 2 is 1.95 bits per heavy atom. The van der Waals surface area contributed by atoms with E-state index in [1.165, 1.54) is 16.7 Å². The Balaban J connectivity index is 1.64. The summed E-state index contributed by atoms with van der Waals surface area (Å²) in [6.45, 7) is 3.85. The van der Waals surface area contributed by atoms with E-state index in [0.29, 0.717) is 6.04 Å². The minimum atomic E-state index is 0.160. The van der Waals surface area contributed by atoms with E-state index in [2.05, 4.69) is 76.7 Å². The van der Waals surface area contributed by atoms with Crippen LogP contribution in [0.15, 0.2) is 53.0 Å². The average Bonchev–Trinajstić information content (AvgIpc) is 2.53. The Labute approximate surface area is 134 Å². The summed E-state index contributed by atoms with van der Waals surface area (Å²) in [5.41, 5.74) is 4.05. The van der Waals surface area contributed by atoms with Crippen molar-refractivity contribution in [2.45, 2.75) is 25.5 Å². The Morgan fingerprint density at radius 3 is 2.76 bits per heavy atom. The molecular formula is C18H20BrNO. The standard InChI is InChI=1S/C18H20BrNO/c1-13(14-6-8-16(19)9-7-14)20-12-18-17-5-3-2-4-15(17)10-11-21-18/h2-9,13,18,20H,10-12H2,1H3/t13-,18?/m1/s1. The largest absolute Gasteiger partial charge is 0.372 e. The molecule has 1 N–H and O–H groups in total. The average molecular weight is 346 g/mol. The zero-order valence-corrected chi connectivity index (χ0v) is 13.8. The molecule has 2 aromatic rings. The number of fused-ring (bicyclic) bond motifs is 1. The summed E-state index contributed by atoms with van der Waals surface area (Å²) in [6.07, 6.45) is 1.18. The first-order valence-corrected chi connectivity index (χ1v) is 8.21. The highest BCUT2D eigenvalue weighted by Gasteiger charge is 2.20. The lowest BCUT2D eigenvalue weighted by Crippen LogP contribution is -2.29. The SMILES string of the molecule is C[C@@H](NCC1OCCc2ccccc21)c1ccc(Br)cc1. The third kappa shape index (κ3) is 3.54. The van der Waals surface area contributed by atoms with E-state index in [9.17, 15) is 0 Å². The van der Waals surface area contributed by atoms with Gasteiger partial charge >= 0.3 is 0 Å². The van der Waals surface area contributed by atoms with Crippen molar-refractivity contribution in [3.8, 4) is 0 Å². The molecule has 0 amide bonds. The molecule has 1 aliphatic heterocycles. The van der Waals surface area contributed by atoms with Crippen LogP contribution in [0.25, 0.3) is 0 Å². The fraction of sp³-hybridized carbons (Fsp3) is 0.333. The molecule has 3 rings (SSSR count). The van der Waals surface area contributed by atoms with Crippen molar-refractivity contribution in [2.75, 3.05) is 13.2 Å². The number of halogens is 1. The van der Waals surface area contributed by atoms with Crippen molar-refractivity contribution in [2.24, 2.45) is 0 Å². The van der Waals surface area contributed by atoms with Crippen molar-refractivity contribution in [3.05, 3.63) is 69.7 Å². The van der Waals surface area contributed by atoms with E-state index in [4.69, 9.17) is 4.74 Å². The highest BCUT2D eigenvalue weighted by Crippen LogP contribution is 2.27. The minimum absolute atomic E-state index is 0.160. The highest BCUT2D eigenvalue weighted by atomic mass is 79.9. The molecule has 0 spiro atoms. The van der Waals surface area contributed by atoms with Crippen LogP contribution in [0.5, 0.6) is 0 Å². The molecule has 1 unspecified atom stereocenters. The predicted octanol–water partition coefficient (Wildman–Crippen LogP) is 4.41. The summed E-state index contributed by atoms with van der Waals surface area (Å²) in [5.74, 6) is 0. The van der Waals surface area contributed by atoms with Crippen LogP contribution in [0, 0.1) is 0 Å². The topological polar surface area (TPSA) is 21.3 Å². The normalized spacial score (nSPS) is 19.0. The zero-order valence-electron chi connectivity index (χ0n) is 12.2. The Kier molecular flexibility index (Phi) is 4.73. The lowest BCUT2D eigenvalue weighted by atomic mass is 9.97. The van der Waals surface area contributed by atoms with Gasteiger partial charge in [-0.3, -0.25) is 0 Å². The van der Waals surface area contributed by atoms with E-state index in [1.807, 2.05) is 0 Å². The van der Waals surface area contributed by atoms with Crippen molar-refractivity contribution < 1.29 is 4.74 Å². The van der Waals surface area contributed by atoms with Crippen LogP contribution < -0.4 is 5.32 Å². The molecule has 3 heteroatoms. The Morgan fingerprint density at radius 1 is 1.19 bits per heavy atom. The van der Waals surface area contributed by atoms with Gasteiger partial charge in [0.2, 0.25) is 0 Å². The van der Waals surface area contributed by atoms with Crippen LogP contribution in [0.2, 0.25) is 0 Å². The van der Waals surface area contributed by atoms with Crippen LogP contribution in [0.3, 0.4) is 0 Å². The maximum Gasteiger partial charge on any atom is 0.0952 e. The fourth-order valence-electron chi connectivity index (χ4n) is 2.80. The van der Waals surface area contributed by atoms with Gasteiger partial charge in [-0.15, -0.1) is 0 Å². The fourth-order valence-corrected chi connectivity index (χ4v) is 3.06. The molecule has 1 aliphatic rings. The van der Waals surface area contributed by atoms with Gasteiger partial charge in [0.1, 0.15) is 0 Å².